The van der Waals surface area contributed by atoms with Gasteiger partial charge in [-0.1, -0.05) is 0 Å². The average Bonchev–Trinajstić information content (AvgIpc) is 2.03. The van der Waals surface area contributed by atoms with Crippen LogP contribution < -0.4 is 5.32 Å². The van der Waals surface area contributed by atoms with Crippen molar-refractivity contribution in [2.45, 2.75) is 44.5 Å². The summed E-state index contributed by atoms with van der Waals surface area (Å²) in [4.78, 5) is 0. The van der Waals surface area contributed by atoms with E-state index >= 15 is 0 Å². The molecular weight excluding hydrogens is 195 g/mol. The normalized spacial score (nSPS) is 15.6. The molecule has 1 N–H and O–H groups in total. The van der Waals surface area contributed by atoms with E-state index in [1.54, 1.807) is 20.9 Å². The third-order valence-electron chi connectivity index (χ3n) is 2.43. The molecule has 86 valence electrons. The Morgan fingerprint density at radius 1 is 1.29 bits per heavy atom. The van der Waals surface area contributed by atoms with Crippen molar-refractivity contribution >= 4 is 0 Å². The van der Waals surface area contributed by atoms with E-state index in [-0.39, 0.29) is 12.5 Å². The van der Waals surface area contributed by atoms with Gasteiger partial charge in [0.2, 0.25) is 0 Å². The summed E-state index contributed by atoms with van der Waals surface area (Å²) < 4.78 is 41.1. The van der Waals surface area contributed by atoms with Gasteiger partial charge in [-0.25, -0.2) is 0 Å². The van der Waals surface area contributed by atoms with Gasteiger partial charge < -0.3 is 10.1 Å². The number of alkyl halides is 3. The smallest absolute Gasteiger partial charge is 0.377 e. The van der Waals surface area contributed by atoms with E-state index in [2.05, 4.69) is 5.32 Å². The summed E-state index contributed by atoms with van der Waals surface area (Å²) in [6, 6.07) is -0.297. The molecule has 0 spiro atoms. The molecule has 0 heterocycles. The van der Waals surface area contributed by atoms with Crippen LogP contribution >= 0.6 is 0 Å². The van der Waals surface area contributed by atoms with Crippen molar-refractivity contribution in [1.82, 2.24) is 5.32 Å². The lowest BCUT2D eigenvalue weighted by atomic mass is 9.94. The molecule has 0 aliphatic carbocycles. The molecule has 0 aliphatic rings. The maximum Gasteiger partial charge on any atom is 0.389 e. The van der Waals surface area contributed by atoms with Crippen LogP contribution in [0.4, 0.5) is 13.2 Å². The Kier molecular flexibility index (Phi) is 4.88. The van der Waals surface area contributed by atoms with Gasteiger partial charge in [0.05, 0.1) is 5.60 Å². The lowest BCUT2D eigenvalue weighted by Gasteiger charge is -2.33. The molecule has 0 amide bonds. The predicted molar refractivity (Wildman–Crippen MR) is 49.2 cm³/mol. The van der Waals surface area contributed by atoms with Crippen molar-refractivity contribution in [2.24, 2.45) is 0 Å². The van der Waals surface area contributed by atoms with Crippen LogP contribution in [0, 0.1) is 0 Å². The number of ether oxygens (including phenoxy) is 1. The molecule has 0 aromatic heterocycles. The SMILES string of the molecule is CNC(CCC(F)(F)F)C(C)(C)OC. The lowest BCUT2D eigenvalue weighted by molar-refractivity contribution is -0.140. The van der Waals surface area contributed by atoms with Crippen molar-refractivity contribution in [1.29, 1.82) is 0 Å². The van der Waals surface area contributed by atoms with Gasteiger partial charge >= 0.3 is 6.18 Å². The standard InChI is InChI=1S/C9H18F3NO/c1-8(2,14-4)7(13-3)5-6-9(10,11)12/h7,13H,5-6H2,1-4H3. The second-order valence-corrected chi connectivity index (χ2v) is 3.80. The van der Waals surface area contributed by atoms with Crippen LogP contribution in [0.25, 0.3) is 0 Å². The Morgan fingerprint density at radius 2 is 1.79 bits per heavy atom. The number of halogens is 3. The average molecular weight is 213 g/mol. The molecule has 0 aromatic carbocycles. The molecule has 0 saturated carbocycles. The van der Waals surface area contributed by atoms with Gasteiger partial charge in [0, 0.05) is 19.6 Å². The maximum atomic E-state index is 12.0. The van der Waals surface area contributed by atoms with Gasteiger partial charge in [-0.05, 0) is 27.3 Å². The summed E-state index contributed by atoms with van der Waals surface area (Å²) in [6.45, 7) is 3.54. The first-order valence-corrected chi connectivity index (χ1v) is 4.52. The maximum absolute atomic E-state index is 12.0. The van der Waals surface area contributed by atoms with E-state index in [9.17, 15) is 13.2 Å². The van der Waals surface area contributed by atoms with Gasteiger partial charge in [0.25, 0.3) is 0 Å². The van der Waals surface area contributed by atoms with Crippen molar-refractivity contribution in [3.63, 3.8) is 0 Å². The van der Waals surface area contributed by atoms with Gasteiger partial charge in [-0.3, -0.25) is 0 Å². The van der Waals surface area contributed by atoms with Crippen LogP contribution in [0.2, 0.25) is 0 Å². The minimum atomic E-state index is -4.10. The van der Waals surface area contributed by atoms with Crippen LogP contribution in [-0.4, -0.2) is 32.0 Å². The summed E-state index contributed by atoms with van der Waals surface area (Å²) >= 11 is 0. The van der Waals surface area contributed by atoms with Crippen molar-refractivity contribution in [3.05, 3.63) is 0 Å². The summed E-state index contributed by atoms with van der Waals surface area (Å²) in [5, 5.41) is 2.84. The molecule has 2 nitrogen and oxygen atoms in total. The number of rotatable bonds is 5. The van der Waals surface area contributed by atoms with Crippen LogP contribution in [0.5, 0.6) is 0 Å². The Bertz CT molecular complexity index is 168. The molecule has 0 aliphatic heterocycles. The summed E-state index contributed by atoms with van der Waals surface area (Å²) in [5.74, 6) is 0. The highest BCUT2D eigenvalue weighted by Crippen LogP contribution is 2.26. The Morgan fingerprint density at radius 3 is 2.07 bits per heavy atom. The predicted octanol–water partition coefficient (Wildman–Crippen LogP) is 2.34. The summed E-state index contributed by atoms with van der Waals surface area (Å²) in [5.41, 5.74) is -0.583. The highest BCUT2D eigenvalue weighted by Gasteiger charge is 2.33. The van der Waals surface area contributed by atoms with Gasteiger partial charge in [0.15, 0.2) is 0 Å². The number of nitrogens with one attached hydrogen (secondary N) is 1. The van der Waals surface area contributed by atoms with Gasteiger partial charge in [-0.2, -0.15) is 13.2 Å². The van der Waals surface area contributed by atoms with Crippen LogP contribution in [0.3, 0.4) is 0 Å². The fraction of sp³-hybridized carbons (Fsp3) is 1.00. The quantitative estimate of drug-likeness (QED) is 0.756. The fourth-order valence-corrected chi connectivity index (χ4v) is 1.29. The third kappa shape index (κ3) is 4.81. The lowest BCUT2D eigenvalue weighted by Crippen LogP contribution is -2.47. The molecular formula is C9H18F3NO. The molecule has 0 saturated heterocycles. The third-order valence-corrected chi connectivity index (χ3v) is 2.43. The number of hydrogen-bond acceptors (Lipinski definition) is 2. The monoisotopic (exact) mass is 213 g/mol. The van der Waals surface area contributed by atoms with E-state index in [1.165, 1.54) is 7.11 Å². The highest BCUT2D eigenvalue weighted by atomic mass is 19.4. The molecule has 0 fully saturated rings. The fourth-order valence-electron chi connectivity index (χ4n) is 1.29. The first-order chi connectivity index (χ1) is 6.23. The molecule has 0 aromatic rings. The number of likely N-dealkylation sites (N-methyl/N-ethyl adjacent to an activating group) is 1. The van der Waals surface area contributed by atoms with Crippen molar-refractivity contribution in [3.8, 4) is 0 Å². The zero-order valence-corrected chi connectivity index (χ0v) is 9.03. The minimum absolute atomic E-state index is 0.0286. The van der Waals surface area contributed by atoms with Gasteiger partial charge in [-0.15, -0.1) is 0 Å². The summed E-state index contributed by atoms with van der Waals surface area (Å²) in [6.07, 6.45) is -4.86. The van der Waals surface area contributed by atoms with E-state index in [1.807, 2.05) is 0 Å². The van der Waals surface area contributed by atoms with Gasteiger partial charge in [0.1, 0.15) is 0 Å². The van der Waals surface area contributed by atoms with Crippen molar-refractivity contribution < 1.29 is 17.9 Å². The number of methoxy groups -OCH3 is 1. The number of hydrogen-bond donors (Lipinski definition) is 1. The zero-order valence-electron chi connectivity index (χ0n) is 9.03. The van der Waals surface area contributed by atoms with E-state index in [4.69, 9.17) is 4.74 Å². The van der Waals surface area contributed by atoms with Crippen LogP contribution in [0.1, 0.15) is 26.7 Å². The molecule has 0 radical (unpaired) electrons. The molecule has 1 atom stereocenters. The topological polar surface area (TPSA) is 21.3 Å². The second kappa shape index (κ2) is 4.98. The van der Waals surface area contributed by atoms with E-state index in [0.717, 1.165) is 0 Å². The largest absolute Gasteiger partial charge is 0.389 e. The molecule has 1 unspecified atom stereocenters. The van der Waals surface area contributed by atoms with Crippen LogP contribution in [0.15, 0.2) is 0 Å². The minimum Gasteiger partial charge on any atom is -0.377 e. The highest BCUT2D eigenvalue weighted by molar-refractivity contribution is 4.84. The molecule has 0 bridgehead atoms. The molecule has 0 rings (SSSR count). The summed E-state index contributed by atoms with van der Waals surface area (Å²) in [7, 11) is 3.14. The Hall–Kier alpha value is -0.290. The zero-order chi connectivity index (χ0) is 11.4. The molecule has 5 heteroatoms. The first kappa shape index (κ1) is 13.7. The van der Waals surface area contributed by atoms with E-state index in [0.29, 0.717) is 0 Å². The first-order valence-electron chi connectivity index (χ1n) is 4.52. The Labute approximate surface area is 82.8 Å². The van der Waals surface area contributed by atoms with E-state index < -0.39 is 18.2 Å². The van der Waals surface area contributed by atoms with Crippen LogP contribution in [-0.2, 0) is 4.74 Å². The van der Waals surface area contributed by atoms with Crippen molar-refractivity contribution in [2.75, 3.05) is 14.2 Å². The molecule has 14 heavy (non-hydrogen) atoms. The second-order valence-electron chi connectivity index (χ2n) is 3.80. The Balaban J connectivity index is 4.17.